The summed E-state index contributed by atoms with van der Waals surface area (Å²) in [5.74, 6) is 1.16. The fraction of sp³-hybridized carbons (Fsp3) is 0.150. The molecule has 0 aliphatic rings. The number of imidazole rings is 1. The van der Waals surface area contributed by atoms with Gasteiger partial charge in [-0.25, -0.2) is 9.97 Å². The highest BCUT2D eigenvalue weighted by Crippen LogP contribution is 2.26. The molecule has 0 amide bonds. The fourth-order valence-electron chi connectivity index (χ4n) is 2.99. The van der Waals surface area contributed by atoms with Crippen LogP contribution in [-0.4, -0.2) is 31.4 Å². The molecule has 8 heteroatoms. The van der Waals surface area contributed by atoms with E-state index in [0.717, 1.165) is 35.3 Å². The number of aromatic amines is 1. The molecule has 0 aliphatic carbocycles. The lowest BCUT2D eigenvalue weighted by Crippen LogP contribution is -2.08. The van der Waals surface area contributed by atoms with Gasteiger partial charge in [-0.05, 0) is 36.8 Å². The van der Waals surface area contributed by atoms with E-state index in [4.69, 9.17) is 0 Å². The Hall–Kier alpha value is -3.81. The van der Waals surface area contributed by atoms with E-state index in [1.54, 1.807) is 24.5 Å². The minimum Gasteiger partial charge on any atom is -0.364 e. The maximum Gasteiger partial charge on any atom is 0.311 e. The van der Waals surface area contributed by atoms with Gasteiger partial charge >= 0.3 is 5.69 Å². The number of nitrogens with one attached hydrogen (secondary N) is 2. The number of rotatable bonds is 7. The molecule has 0 bridgehead atoms. The number of hydrogen-bond acceptors (Lipinski definition) is 6. The van der Waals surface area contributed by atoms with E-state index in [0.29, 0.717) is 12.2 Å². The molecule has 28 heavy (non-hydrogen) atoms. The lowest BCUT2D eigenvalue weighted by Gasteiger charge is -2.08. The van der Waals surface area contributed by atoms with Gasteiger partial charge in [0.15, 0.2) is 0 Å². The largest absolute Gasteiger partial charge is 0.364 e. The summed E-state index contributed by atoms with van der Waals surface area (Å²) in [6, 6.07) is 14.6. The van der Waals surface area contributed by atoms with Crippen LogP contribution in [0.2, 0.25) is 0 Å². The lowest BCUT2D eigenvalue weighted by atomic mass is 10.2. The first kappa shape index (κ1) is 17.6. The molecular formula is C20H18N6O2. The summed E-state index contributed by atoms with van der Waals surface area (Å²) in [5.41, 5.74) is 3.34. The SMILES string of the molecule is O=[N+]([O-])c1ccc(-c2cccnc2)nc1NCCCc1nc2ccccc2[nH]1. The minimum absolute atomic E-state index is 0.0450. The molecule has 3 aromatic heterocycles. The Balaban J connectivity index is 1.44. The third-order valence-corrected chi connectivity index (χ3v) is 4.35. The standard InChI is InChI=1S/C20H18N6O2/c27-26(28)18-10-9-15(14-5-3-11-21-13-14)25-20(18)22-12-4-8-19-23-16-6-1-2-7-17(16)24-19/h1-3,5-7,9-11,13H,4,8,12H2,(H,22,25)(H,23,24). The topological polar surface area (TPSA) is 110 Å². The predicted octanol–water partition coefficient (Wildman–Crippen LogP) is 3.97. The number of fused-ring (bicyclic) bond motifs is 1. The quantitative estimate of drug-likeness (QED) is 0.288. The van der Waals surface area contributed by atoms with E-state index < -0.39 is 4.92 Å². The summed E-state index contributed by atoms with van der Waals surface area (Å²) in [6.07, 6.45) is 4.85. The van der Waals surface area contributed by atoms with Crippen LogP contribution in [0.15, 0.2) is 60.9 Å². The molecule has 0 radical (unpaired) electrons. The maximum absolute atomic E-state index is 11.3. The van der Waals surface area contributed by atoms with Gasteiger partial charge in [0.25, 0.3) is 0 Å². The molecule has 0 unspecified atom stereocenters. The fourth-order valence-corrected chi connectivity index (χ4v) is 2.99. The van der Waals surface area contributed by atoms with Crippen LogP contribution in [0.1, 0.15) is 12.2 Å². The summed E-state index contributed by atoms with van der Waals surface area (Å²) >= 11 is 0. The van der Waals surface area contributed by atoms with Crippen LogP contribution >= 0.6 is 0 Å². The number of H-pyrrole nitrogens is 1. The van der Waals surface area contributed by atoms with Crippen molar-refractivity contribution >= 4 is 22.5 Å². The normalized spacial score (nSPS) is 10.9. The molecular weight excluding hydrogens is 356 g/mol. The number of nitro groups is 1. The van der Waals surface area contributed by atoms with Crippen LogP contribution in [0.25, 0.3) is 22.3 Å². The third kappa shape index (κ3) is 3.80. The third-order valence-electron chi connectivity index (χ3n) is 4.35. The maximum atomic E-state index is 11.3. The number of benzene rings is 1. The predicted molar refractivity (Wildman–Crippen MR) is 107 cm³/mol. The molecule has 0 atom stereocenters. The zero-order valence-corrected chi connectivity index (χ0v) is 15.0. The molecule has 1 aromatic carbocycles. The van der Waals surface area contributed by atoms with Gasteiger partial charge in [0.1, 0.15) is 5.82 Å². The molecule has 0 saturated carbocycles. The number of aromatic nitrogens is 4. The molecule has 0 saturated heterocycles. The second-order valence-corrected chi connectivity index (χ2v) is 6.29. The van der Waals surface area contributed by atoms with E-state index in [-0.39, 0.29) is 11.5 Å². The molecule has 4 aromatic rings. The highest BCUT2D eigenvalue weighted by molar-refractivity contribution is 5.74. The van der Waals surface area contributed by atoms with Crippen molar-refractivity contribution < 1.29 is 4.92 Å². The first-order chi connectivity index (χ1) is 13.7. The summed E-state index contributed by atoms with van der Waals surface area (Å²) in [6.45, 7) is 0.543. The Morgan fingerprint density at radius 2 is 1.96 bits per heavy atom. The average molecular weight is 374 g/mol. The van der Waals surface area contributed by atoms with E-state index in [1.165, 1.54) is 6.07 Å². The van der Waals surface area contributed by atoms with Gasteiger partial charge in [-0.3, -0.25) is 15.1 Å². The Bertz CT molecular complexity index is 1080. The summed E-state index contributed by atoms with van der Waals surface area (Å²) in [7, 11) is 0. The number of pyridine rings is 2. The molecule has 4 rings (SSSR count). The number of hydrogen-bond donors (Lipinski definition) is 2. The van der Waals surface area contributed by atoms with Gasteiger partial charge in [-0.1, -0.05) is 12.1 Å². The molecule has 0 spiro atoms. The van der Waals surface area contributed by atoms with Crippen molar-refractivity contribution in [3.05, 3.63) is 76.9 Å². The zero-order chi connectivity index (χ0) is 19.3. The number of nitrogens with zero attached hydrogens (tertiary/aromatic N) is 4. The Labute approximate surface area is 160 Å². The number of para-hydroxylation sites is 2. The van der Waals surface area contributed by atoms with E-state index in [9.17, 15) is 10.1 Å². The average Bonchev–Trinajstić information content (AvgIpc) is 3.14. The Morgan fingerprint density at radius 3 is 2.75 bits per heavy atom. The van der Waals surface area contributed by atoms with Crippen LogP contribution in [0.4, 0.5) is 11.5 Å². The molecule has 140 valence electrons. The van der Waals surface area contributed by atoms with Gasteiger partial charge in [0.05, 0.1) is 21.7 Å². The van der Waals surface area contributed by atoms with E-state index in [2.05, 4.69) is 25.3 Å². The van der Waals surface area contributed by atoms with Gasteiger partial charge < -0.3 is 10.3 Å². The summed E-state index contributed by atoms with van der Waals surface area (Å²) < 4.78 is 0. The van der Waals surface area contributed by atoms with E-state index in [1.807, 2.05) is 30.3 Å². The molecule has 0 aliphatic heterocycles. The van der Waals surface area contributed by atoms with Crippen LogP contribution in [0, 0.1) is 10.1 Å². The Kier molecular flexibility index (Phi) is 4.92. The second-order valence-electron chi connectivity index (χ2n) is 6.29. The van der Waals surface area contributed by atoms with Gasteiger partial charge in [0.2, 0.25) is 5.82 Å². The van der Waals surface area contributed by atoms with Crippen LogP contribution in [-0.2, 0) is 6.42 Å². The number of aryl methyl sites for hydroxylation is 1. The first-order valence-electron chi connectivity index (χ1n) is 8.94. The van der Waals surface area contributed by atoms with Crippen molar-refractivity contribution in [3.63, 3.8) is 0 Å². The van der Waals surface area contributed by atoms with Gasteiger partial charge in [-0.15, -0.1) is 0 Å². The second kappa shape index (κ2) is 7.83. The Morgan fingerprint density at radius 1 is 1.07 bits per heavy atom. The lowest BCUT2D eigenvalue weighted by molar-refractivity contribution is -0.384. The van der Waals surface area contributed by atoms with Crippen molar-refractivity contribution in [2.24, 2.45) is 0 Å². The highest BCUT2D eigenvalue weighted by Gasteiger charge is 2.16. The van der Waals surface area contributed by atoms with E-state index >= 15 is 0 Å². The van der Waals surface area contributed by atoms with Crippen molar-refractivity contribution in [3.8, 4) is 11.3 Å². The highest BCUT2D eigenvalue weighted by atomic mass is 16.6. The molecule has 3 heterocycles. The smallest absolute Gasteiger partial charge is 0.311 e. The van der Waals surface area contributed by atoms with Crippen LogP contribution < -0.4 is 5.32 Å². The van der Waals surface area contributed by atoms with Gasteiger partial charge in [-0.2, -0.15) is 0 Å². The minimum atomic E-state index is -0.429. The molecule has 8 nitrogen and oxygen atoms in total. The zero-order valence-electron chi connectivity index (χ0n) is 15.0. The van der Waals surface area contributed by atoms with Crippen molar-refractivity contribution in [2.75, 3.05) is 11.9 Å². The molecule has 0 fully saturated rings. The summed E-state index contributed by atoms with van der Waals surface area (Å²) in [5, 5.41) is 14.4. The van der Waals surface area contributed by atoms with Crippen LogP contribution in [0.5, 0.6) is 0 Å². The first-order valence-corrected chi connectivity index (χ1v) is 8.94. The van der Waals surface area contributed by atoms with Crippen molar-refractivity contribution in [2.45, 2.75) is 12.8 Å². The van der Waals surface area contributed by atoms with Gasteiger partial charge in [0, 0.05) is 37.0 Å². The van der Waals surface area contributed by atoms with Crippen molar-refractivity contribution in [1.82, 2.24) is 19.9 Å². The number of anilines is 1. The van der Waals surface area contributed by atoms with Crippen LogP contribution in [0.3, 0.4) is 0 Å². The summed E-state index contributed by atoms with van der Waals surface area (Å²) in [4.78, 5) is 27.2. The molecule has 2 N–H and O–H groups in total. The monoisotopic (exact) mass is 374 g/mol. The van der Waals surface area contributed by atoms with Crippen molar-refractivity contribution in [1.29, 1.82) is 0 Å².